The van der Waals surface area contributed by atoms with Crippen molar-refractivity contribution >= 4 is 23.7 Å². The number of nitrogens with one attached hydrogen (secondary N) is 1. The summed E-state index contributed by atoms with van der Waals surface area (Å²) in [4.78, 5) is 25.3. The minimum absolute atomic E-state index is 0.0853. The van der Waals surface area contributed by atoms with E-state index in [4.69, 9.17) is 5.11 Å². The highest BCUT2D eigenvalue weighted by Gasteiger charge is 2.43. The van der Waals surface area contributed by atoms with Crippen molar-refractivity contribution in [3.05, 3.63) is 15.6 Å². The van der Waals surface area contributed by atoms with Gasteiger partial charge in [0.25, 0.3) is 0 Å². The molecule has 0 aromatic carbocycles. The second-order valence-corrected chi connectivity index (χ2v) is 4.60. The number of amides is 1. The van der Waals surface area contributed by atoms with E-state index in [-0.39, 0.29) is 18.2 Å². The molecule has 1 heterocycles. The first-order chi connectivity index (χ1) is 7.63. The number of aromatic nitrogens is 1. The third kappa shape index (κ3) is 2.04. The Morgan fingerprint density at radius 3 is 2.94 bits per heavy atom. The summed E-state index contributed by atoms with van der Waals surface area (Å²) in [6.07, 6.45) is -0.0787. The third-order valence-electron chi connectivity index (χ3n) is 2.29. The Bertz CT molecular complexity index is 434. The van der Waals surface area contributed by atoms with Crippen LogP contribution < -0.4 is 5.32 Å². The van der Waals surface area contributed by atoms with Gasteiger partial charge >= 0.3 is 5.97 Å². The van der Waals surface area contributed by atoms with E-state index in [0.717, 1.165) is 11.3 Å². The van der Waals surface area contributed by atoms with Gasteiger partial charge in [-0.2, -0.15) is 0 Å². The first-order valence-corrected chi connectivity index (χ1v) is 5.49. The maximum absolute atomic E-state index is 12.9. The molecule has 1 aliphatic carbocycles. The average molecular weight is 244 g/mol. The predicted octanol–water partition coefficient (Wildman–Crippen LogP) is 0.913. The lowest BCUT2D eigenvalue weighted by Crippen LogP contribution is -2.09. The molecule has 0 unspecified atom stereocenters. The number of carbonyl (C=O) groups excluding carboxylic acids is 1. The van der Waals surface area contributed by atoms with E-state index in [2.05, 4.69) is 10.3 Å². The molecule has 5 nitrogen and oxygen atoms in total. The van der Waals surface area contributed by atoms with Crippen molar-refractivity contribution in [2.45, 2.75) is 25.1 Å². The molecular formula is C9H9FN2O3S. The van der Waals surface area contributed by atoms with E-state index in [0.29, 0.717) is 22.7 Å². The number of carboxylic acids is 1. The maximum atomic E-state index is 12.9. The lowest BCUT2D eigenvalue weighted by molar-refractivity contribution is -0.109. The fraction of sp³-hybridized carbons (Fsp3) is 0.444. The Labute approximate surface area is 94.3 Å². The lowest BCUT2D eigenvalue weighted by atomic mass is 10.3. The molecule has 1 amide bonds. The molecule has 0 spiro atoms. The average Bonchev–Trinajstić information content (AvgIpc) is 2.80. The third-order valence-corrected chi connectivity index (χ3v) is 3.47. The van der Waals surface area contributed by atoms with Gasteiger partial charge in [-0.05, 0) is 6.42 Å². The van der Waals surface area contributed by atoms with Crippen LogP contribution in [0.2, 0.25) is 0 Å². The van der Waals surface area contributed by atoms with Crippen LogP contribution in [0, 0.1) is 0 Å². The number of rotatable bonds is 5. The van der Waals surface area contributed by atoms with Crippen molar-refractivity contribution in [2.75, 3.05) is 0 Å². The summed E-state index contributed by atoms with van der Waals surface area (Å²) in [5.74, 6) is -1.48. The molecule has 2 N–H and O–H groups in total. The van der Waals surface area contributed by atoms with Crippen LogP contribution in [-0.4, -0.2) is 28.6 Å². The smallest absolute Gasteiger partial charge is 0.355 e. The van der Waals surface area contributed by atoms with Crippen LogP contribution in [0.25, 0.3) is 0 Å². The molecule has 86 valence electrons. The number of carboxylic acid groups (broad SMARTS) is 1. The lowest BCUT2D eigenvalue weighted by Gasteiger charge is -1.92. The molecule has 0 radical (unpaired) electrons. The highest BCUT2D eigenvalue weighted by Crippen LogP contribution is 2.47. The monoisotopic (exact) mass is 244 g/mol. The number of hydrogen-bond acceptors (Lipinski definition) is 4. The maximum Gasteiger partial charge on any atom is 0.355 e. The van der Waals surface area contributed by atoms with Gasteiger partial charge in [-0.3, -0.25) is 4.79 Å². The molecule has 0 aliphatic heterocycles. The molecule has 1 aromatic heterocycles. The first-order valence-electron chi connectivity index (χ1n) is 4.67. The summed E-state index contributed by atoms with van der Waals surface area (Å²) in [6.45, 7) is 0.179. The highest BCUT2D eigenvalue weighted by atomic mass is 32.1. The number of hydrogen-bond donors (Lipinski definition) is 2. The quantitative estimate of drug-likeness (QED) is 0.755. The first kappa shape index (κ1) is 11.0. The normalized spacial score (nSPS) is 22.8. The van der Waals surface area contributed by atoms with Gasteiger partial charge in [-0.1, -0.05) is 0 Å². The van der Waals surface area contributed by atoms with Crippen molar-refractivity contribution in [3.63, 3.8) is 0 Å². The molecule has 1 saturated carbocycles. The fourth-order valence-corrected chi connectivity index (χ4v) is 2.59. The summed E-state index contributed by atoms with van der Waals surface area (Å²) in [5, 5.41) is 11.8. The largest absolute Gasteiger partial charge is 0.476 e. The summed E-state index contributed by atoms with van der Waals surface area (Å²) >= 11 is 1.15. The van der Waals surface area contributed by atoms with E-state index in [9.17, 15) is 14.0 Å². The van der Waals surface area contributed by atoms with Gasteiger partial charge in [0.05, 0.1) is 6.54 Å². The zero-order chi connectivity index (χ0) is 11.7. The molecule has 2 atom stereocenters. The number of halogens is 1. The Morgan fingerprint density at radius 1 is 1.75 bits per heavy atom. The Balaban J connectivity index is 2.23. The van der Waals surface area contributed by atoms with Crippen molar-refractivity contribution in [2.24, 2.45) is 0 Å². The molecule has 2 rings (SSSR count). The van der Waals surface area contributed by atoms with Gasteiger partial charge in [0.2, 0.25) is 6.41 Å². The van der Waals surface area contributed by atoms with Gasteiger partial charge in [-0.15, -0.1) is 11.3 Å². The minimum atomic E-state index is -1.15. The number of aromatic carboxylic acids is 1. The fourth-order valence-electron chi connectivity index (χ4n) is 1.42. The second kappa shape index (κ2) is 4.17. The Morgan fingerprint density at radius 2 is 2.44 bits per heavy atom. The molecule has 1 aromatic rings. The highest BCUT2D eigenvalue weighted by molar-refractivity contribution is 7.12. The van der Waals surface area contributed by atoms with Crippen molar-refractivity contribution < 1.29 is 19.1 Å². The Kier molecular flexibility index (Phi) is 2.86. The summed E-state index contributed by atoms with van der Waals surface area (Å²) < 4.78 is 12.9. The van der Waals surface area contributed by atoms with E-state index in [1.54, 1.807) is 0 Å². The Hall–Kier alpha value is -1.50. The molecule has 1 fully saturated rings. The van der Waals surface area contributed by atoms with Crippen LogP contribution in [0.5, 0.6) is 0 Å². The van der Waals surface area contributed by atoms with E-state index < -0.39 is 12.1 Å². The van der Waals surface area contributed by atoms with Gasteiger partial charge < -0.3 is 10.4 Å². The van der Waals surface area contributed by atoms with Gasteiger partial charge in [0.15, 0.2) is 5.69 Å². The standard InChI is InChI=1S/C9H9FN2O3S/c10-5-1-4(5)8-7(9(14)15)12-6(16-8)2-11-3-13/h3-5H,1-2H2,(H,11,13)(H,14,15)/t4-,5+/m1/s1. The van der Waals surface area contributed by atoms with Crippen LogP contribution in [-0.2, 0) is 11.3 Å². The molecule has 0 saturated heterocycles. The number of carbonyl (C=O) groups is 2. The van der Waals surface area contributed by atoms with E-state index in [1.165, 1.54) is 0 Å². The predicted molar refractivity (Wildman–Crippen MR) is 54.2 cm³/mol. The van der Waals surface area contributed by atoms with Gasteiger partial charge in [-0.25, -0.2) is 14.2 Å². The zero-order valence-electron chi connectivity index (χ0n) is 8.14. The summed E-state index contributed by atoms with van der Waals surface area (Å²) in [6, 6.07) is 0. The van der Waals surface area contributed by atoms with Crippen LogP contribution in [0.3, 0.4) is 0 Å². The van der Waals surface area contributed by atoms with Crippen molar-refractivity contribution in [1.82, 2.24) is 10.3 Å². The molecular weight excluding hydrogens is 235 g/mol. The number of alkyl halides is 1. The number of thiazole rings is 1. The van der Waals surface area contributed by atoms with Gasteiger partial charge in [0.1, 0.15) is 11.2 Å². The minimum Gasteiger partial charge on any atom is -0.476 e. The SMILES string of the molecule is O=CNCc1nc(C(=O)O)c([C@@H]2C[C@@H]2F)s1. The molecule has 0 bridgehead atoms. The van der Waals surface area contributed by atoms with Crippen molar-refractivity contribution in [3.8, 4) is 0 Å². The van der Waals surface area contributed by atoms with Crippen molar-refractivity contribution in [1.29, 1.82) is 0 Å². The van der Waals surface area contributed by atoms with Gasteiger partial charge in [0, 0.05) is 10.8 Å². The topological polar surface area (TPSA) is 79.3 Å². The van der Waals surface area contributed by atoms with Crippen LogP contribution in [0.15, 0.2) is 0 Å². The summed E-state index contributed by atoms with van der Waals surface area (Å²) in [5.41, 5.74) is -0.0853. The van der Waals surface area contributed by atoms with E-state index in [1.807, 2.05) is 0 Å². The molecule has 1 aliphatic rings. The van der Waals surface area contributed by atoms with Crippen LogP contribution >= 0.6 is 11.3 Å². The van der Waals surface area contributed by atoms with Crippen LogP contribution in [0.1, 0.15) is 32.7 Å². The van der Waals surface area contributed by atoms with Crippen LogP contribution in [0.4, 0.5) is 4.39 Å². The molecule has 7 heteroatoms. The number of nitrogens with zero attached hydrogens (tertiary/aromatic N) is 1. The summed E-state index contributed by atoms with van der Waals surface area (Å²) in [7, 11) is 0. The molecule has 16 heavy (non-hydrogen) atoms. The second-order valence-electron chi connectivity index (χ2n) is 3.48. The van der Waals surface area contributed by atoms with E-state index >= 15 is 0 Å². The zero-order valence-corrected chi connectivity index (χ0v) is 8.96.